The topological polar surface area (TPSA) is 12.9 Å². The highest BCUT2D eigenvalue weighted by Crippen LogP contribution is 2.46. The molecule has 0 bridgehead atoms. The second kappa shape index (κ2) is 10.4. The summed E-state index contributed by atoms with van der Waals surface area (Å²) >= 11 is 0. The van der Waals surface area contributed by atoms with Crippen molar-refractivity contribution in [3.05, 3.63) is 164 Å². The summed E-state index contributed by atoms with van der Waals surface area (Å²) < 4.78 is 0. The van der Waals surface area contributed by atoms with Gasteiger partial charge in [0.05, 0.1) is 0 Å². The second-order valence-corrected chi connectivity index (χ2v) is 11.2. The lowest BCUT2D eigenvalue weighted by molar-refractivity contribution is 1.20. The van der Waals surface area contributed by atoms with E-state index in [4.69, 9.17) is 0 Å². The summed E-state index contributed by atoms with van der Waals surface area (Å²) in [5.41, 5.74) is 10.8. The van der Waals surface area contributed by atoms with Gasteiger partial charge < -0.3 is 0 Å². The Balaban J connectivity index is 1.42. The molecule has 43 heavy (non-hydrogen) atoms. The average Bonchev–Trinajstić information content (AvgIpc) is 3.07. The smallest absolute Gasteiger partial charge is 0.0373 e. The predicted octanol–water partition coefficient (Wildman–Crippen LogP) is 11.5. The van der Waals surface area contributed by atoms with Gasteiger partial charge in [-0.1, -0.05) is 140 Å². The predicted molar refractivity (Wildman–Crippen MR) is 183 cm³/mol. The maximum Gasteiger partial charge on any atom is 0.0373 e. The van der Waals surface area contributed by atoms with E-state index in [1.165, 1.54) is 71.3 Å². The van der Waals surface area contributed by atoms with Gasteiger partial charge >= 0.3 is 0 Å². The Morgan fingerprint density at radius 2 is 0.860 bits per heavy atom. The van der Waals surface area contributed by atoms with Crippen LogP contribution in [0.2, 0.25) is 0 Å². The van der Waals surface area contributed by atoms with Crippen molar-refractivity contribution in [3.63, 3.8) is 0 Å². The molecule has 0 amide bonds. The monoisotopic (exact) mass is 547 g/mol. The number of aryl methyl sites for hydroxylation is 1. The number of hydrogen-bond acceptors (Lipinski definition) is 1. The first-order valence-electron chi connectivity index (χ1n) is 14.8. The van der Waals surface area contributed by atoms with Crippen molar-refractivity contribution < 1.29 is 0 Å². The van der Waals surface area contributed by atoms with Crippen LogP contribution >= 0.6 is 0 Å². The highest BCUT2D eigenvalue weighted by Gasteiger charge is 2.18. The third-order valence-corrected chi connectivity index (χ3v) is 8.60. The van der Waals surface area contributed by atoms with Gasteiger partial charge in [-0.2, -0.15) is 0 Å². The highest BCUT2D eigenvalue weighted by molar-refractivity contribution is 6.24. The third kappa shape index (κ3) is 4.29. The molecule has 1 heteroatoms. The minimum absolute atomic E-state index is 1.02. The number of pyridine rings is 1. The Bertz CT molecular complexity index is 2220. The van der Waals surface area contributed by atoms with Gasteiger partial charge in [-0.3, -0.25) is 4.98 Å². The average molecular weight is 548 g/mol. The van der Waals surface area contributed by atoms with Crippen LogP contribution in [0.4, 0.5) is 0 Å². The summed E-state index contributed by atoms with van der Waals surface area (Å²) in [5, 5.41) is 7.56. The zero-order valence-electron chi connectivity index (χ0n) is 24.0. The van der Waals surface area contributed by atoms with E-state index in [2.05, 4.69) is 157 Å². The SMILES string of the molecule is Cc1ccc(-c2cccc(-c3c4ccccc4c(-c4cccc5c(-c6ccccc6)cccc45)c4ccccc34)c2)cn1. The molecule has 0 N–H and O–H groups in total. The Kier molecular flexibility index (Phi) is 6.09. The fraction of sp³-hybridized carbons (Fsp3) is 0.0238. The molecule has 1 nitrogen and oxygen atoms in total. The molecule has 8 rings (SSSR count). The van der Waals surface area contributed by atoms with Crippen molar-refractivity contribution in [2.75, 3.05) is 0 Å². The van der Waals surface area contributed by atoms with E-state index in [0.29, 0.717) is 0 Å². The summed E-state index contributed by atoms with van der Waals surface area (Å²) in [5.74, 6) is 0. The van der Waals surface area contributed by atoms with Gasteiger partial charge in [0.15, 0.2) is 0 Å². The molecule has 0 fully saturated rings. The normalized spacial score (nSPS) is 11.4. The van der Waals surface area contributed by atoms with E-state index in [9.17, 15) is 0 Å². The first-order valence-corrected chi connectivity index (χ1v) is 14.8. The minimum atomic E-state index is 1.02. The zero-order valence-corrected chi connectivity index (χ0v) is 24.0. The molecule has 8 aromatic rings. The molecule has 0 aliphatic heterocycles. The lowest BCUT2D eigenvalue weighted by Gasteiger charge is -2.19. The molecule has 0 radical (unpaired) electrons. The molecule has 0 spiro atoms. The molecule has 0 aliphatic rings. The van der Waals surface area contributed by atoms with Gasteiger partial charge in [0.25, 0.3) is 0 Å². The molecule has 0 aliphatic carbocycles. The number of rotatable bonds is 4. The Hall–Kier alpha value is -5.53. The van der Waals surface area contributed by atoms with Crippen molar-refractivity contribution in [3.8, 4) is 44.5 Å². The zero-order chi connectivity index (χ0) is 28.8. The van der Waals surface area contributed by atoms with Gasteiger partial charge in [0.1, 0.15) is 0 Å². The standard InChI is InChI=1S/C42H29N/c1-28-24-25-32(27-43-28)30-14-9-15-31(26-30)41-37-16-5-7-18-39(37)42(40-19-8-6-17-38(40)41)36-23-11-21-34-33(20-10-22-35(34)36)29-12-3-2-4-13-29/h2-27H,1H3. The van der Waals surface area contributed by atoms with E-state index in [1.54, 1.807) is 0 Å². The molecule has 0 saturated heterocycles. The summed E-state index contributed by atoms with van der Waals surface area (Å²) in [4.78, 5) is 4.55. The molecule has 0 unspecified atom stereocenters. The molecule has 7 aromatic carbocycles. The number of nitrogens with zero attached hydrogens (tertiary/aromatic N) is 1. The quantitative estimate of drug-likeness (QED) is 0.200. The molecule has 1 aromatic heterocycles. The largest absolute Gasteiger partial charge is 0.261 e. The van der Waals surface area contributed by atoms with Gasteiger partial charge in [-0.15, -0.1) is 0 Å². The molecule has 0 atom stereocenters. The van der Waals surface area contributed by atoms with E-state index in [0.717, 1.165) is 11.3 Å². The van der Waals surface area contributed by atoms with Crippen molar-refractivity contribution >= 4 is 32.3 Å². The van der Waals surface area contributed by atoms with Crippen LogP contribution in [0.3, 0.4) is 0 Å². The number of benzene rings is 7. The number of fused-ring (bicyclic) bond motifs is 3. The van der Waals surface area contributed by atoms with Crippen LogP contribution in [0.25, 0.3) is 76.8 Å². The summed E-state index contributed by atoms with van der Waals surface area (Å²) in [6.07, 6.45) is 1.97. The summed E-state index contributed by atoms with van der Waals surface area (Å²) in [6, 6.07) is 55.1. The van der Waals surface area contributed by atoms with E-state index >= 15 is 0 Å². The minimum Gasteiger partial charge on any atom is -0.261 e. The Labute approximate surface area is 251 Å². The van der Waals surface area contributed by atoms with Gasteiger partial charge in [0.2, 0.25) is 0 Å². The van der Waals surface area contributed by atoms with Gasteiger partial charge in [-0.25, -0.2) is 0 Å². The summed E-state index contributed by atoms with van der Waals surface area (Å²) in [6.45, 7) is 2.03. The Morgan fingerprint density at radius 3 is 1.51 bits per heavy atom. The van der Waals surface area contributed by atoms with Crippen molar-refractivity contribution in [1.82, 2.24) is 4.98 Å². The lowest BCUT2D eigenvalue weighted by Crippen LogP contribution is -1.92. The van der Waals surface area contributed by atoms with E-state index in [-0.39, 0.29) is 0 Å². The van der Waals surface area contributed by atoms with Crippen LogP contribution in [0.5, 0.6) is 0 Å². The molecular weight excluding hydrogens is 518 g/mol. The second-order valence-electron chi connectivity index (χ2n) is 11.2. The van der Waals surface area contributed by atoms with Crippen LogP contribution in [-0.4, -0.2) is 4.98 Å². The number of aromatic nitrogens is 1. The van der Waals surface area contributed by atoms with Crippen molar-refractivity contribution in [1.29, 1.82) is 0 Å². The molecule has 0 saturated carbocycles. The van der Waals surface area contributed by atoms with Crippen LogP contribution in [0.1, 0.15) is 5.69 Å². The third-order valence-electron chi connectivity index (χ3n) is 8.60. The first kappa shape index (κ1) is 25.2. The first-order chi connectivity index (χ1) is 21.3. The van der Waals surface area contributed by atoms with E-state index < -0.39 is 0 Å². The van der Waals surface area contributed by atoms with Crippen LogP contribution in [0.15, 0.2) is 158 Å². The van der Waals surface area contributed by atoms with Gasteiger partial charge in [-0.05, 0) is 90.3 Å². The summed E-state index contributed by atoms with van der Waals surface area (Å²) in [7, 11) is 0. The lowest BCUT2D eigenvalue weighted by atomic mass is 9.84. The van der Waals surface area contributed by atoms with Crippen LogP contribution in [-0.2, 0) is 0 Å². The number of hydrogen-bond donors (Lipinski definition) is 0. The fourth-order valence-corrected chi connectivity index (χ4v) is 6.62. The van der Waals surface area contributed by atoms with Crippen LogP contribution < -0.4 is 0 Å². The van der Waals surface area contributed by atoms with Gasteiger partial charge in [0, 0.05) is 17.5 Å². The maximum absolute atomic E-state index is 4.55. The van der Waals surface area contributed by atoms with Crippen molar-refractivity contribution in [2.24, 2.45) is 0 Å². The molecular formula is C42H29N. The highest BCUT2D eigenvalue weighted by atomic mass is 14.7. The maximum atomic E-state index is 4.55. The molecule has 1 heterocycles. The van der Waals surface area contributed by atoms with E-state index in [1.807, 2.05) is 13.1 Å². The molecule has 202 valence electrons. The fourth-order valence-electron chi connectivity index (χ4n) is 6.62. The van der Waals surface area contributed by atoms with Crippen LogP contribution in [0, 0.1) is 6.92 Å². The Morgan fingerprint density at radius 1 is 0.349 bits per heavy atom. The van der Waals surface area contributed by atoms with Crippen molar-refractivity contribution in [2.45, 2.75) is 6.92 Å².